The molecule has 0 saturated heterocycles. The molecule has 0 bridgehead atoms. The maximum absolute atomic E-state index is 11.3. The zero-order valence-corrected chi connectivity index (χ0v) is 4.51. The highest BCUT2D eigenvalue weighted by Crippen LogP contribution is 1.93. The molecule has 1 N–H and O–H groups in total. The zero-order chi connectivity index (χ0) is 6.41. The highest BCUT2D eigenvalue weighted by molar-refractivity contribution is 5.49. The van der Waals surface area contributed by atoms with Gasteiger partial charge in [0.15, 0.2) is 0 Å². The summed E-state index contributed by atoms with van der Waals surface area (Å²) in [4.78, 5) is 9.59. The van der Waals surface area contributed by atoms with Crippen LogP contribution in [0.25, 0.3) is 0 Å². The summed E-state index contributed by atoms with van der Waals surface area (Å²) in [5.74, 6) is 0. The van der Waals surface area contributed by atoms with E-state index >= 15 is 0 Å². The van der Waals surface area contributed by atoms with Gasteiger partial charge < -0.3 is 9.90 Å². The van der Waals surface area contributed by atoms with Crippen LogP contribution < -0.4 is 0 Å². The number of aliphatic hydroxyl groups excluding tert-OH is 1. The number of rotatable bonds is 4. The first-order valence-corrected chi connectivity index (χ1v) is 2.49. The van der Waals surface area contributed by atoms with Crippen LogP contribution in [0.4, 0.5) is 4.39 Å². The van der Waals surface area contributed by atoms with Crippen molar-refractivity contribution in [2.24, 2.45) is 0 Å². The lowest BCUT2D eigenvalue weighted by atomic mass is 10.2. The van der Waals surface area contributed by atoms with E-state index in [-0.39, 0.29) is 12.8 Å². The topological polar surface area (TPSA) is 37.3 Å². The van der Waals surface area contributed by atoms with Crippen molar-refractivity contribution in [2.45, 2.75) is 18.9 Å². The smallest absolute Gasteiger partial charge is 0.120 e. The average molecular weight is 120 g/mol. The summed E-state index contributed by atoms with van der Waals surface area (Å²) in [5.41, 5.74) is 0. The van der Waals surface area contributed by atoms with Crippen molar-refractivity contribution in [2.75, 3.05) is 6.67 Å². The molecule has 0 fully saturated rings. The summed E-state index contributed by atoms with van der Waals surface area (Å²) in [6, 6.07) is 0. The SMILES string of the molecule is O=CCC[C@H](O)CF. The molecule has 0 aromatic rings. The minimum Gasteiger partial charge on any atom is -0.390 e. The van der Waals surface area contributed by atoms with E-state index in [1.54, 1.807) is 0 Å². The second kappa shape index (κ2) is 4.71. The second-order valence-electron chi connectivity index (χ2n) is 1.55. The van der Waals surface area contributed by atoms with Crippen LogP contribution >= 0.6 is 0 Å². The van der Waals surface area contributed by atoms with Crippen LogP contribution in [-0.2, 0) is 4.79 Å². The van der Waals surface area contributed by atoms with Crippen LogP contribution in [-0.4, -0.2) is 24.2 Å². The van der Waals surface area contributed by atoms with E-state index in [0.717, 1.165) is 0 Å². The molecule has 0 amide bonds. The number of carbonyl (C=O) groups excluding carboxylic acids is 1. The molecule has 2 nitrogen and oxygen atoms in total. The van der Waals surface area contributed by atoms with Gasteiger partial charge in [0.05, 0.1) is 6.10 Å². The van der Waals surface area contributed by atoms with Crippen LogP contribution in [0.5, 0.6) is 0 Å². The minimum absolute atomic E-state index is 0.236. The predicted octanol–water partition coefficient (Wildman–Crippen LogP) is 0.296. The standard InChI is InChI=1S/C5H9FO2/c6-4-5(8)2-1-3-7/h3,5,8H,1-2,4H2/t5-/m0/s1. The molecule has 0 aromatic heterocycles. The Labute approximate surface area is 47.3 Å². The summed E-state index contributed by atoms with van der Waals surface area (Å²) < 4.78 is 11.3. The number of hydrogen-bond donors (Lipinski definition) is 1. The minimum atomic E-state index is -0.944. The third kappa shape index (κ3) is 3.74. The van der Waals surface area contributed by atoms with E-state index in [1.165, 1.54) is 0 Å². The lowest BCUT2D eigenvalue weighted by molar-refractivity contribution is -0.108. The van der Waals surface area contributed by atoms with Gasteiger partial charge in [-0.05, 0) is 6.42 Å². The number of aldehydes is 1. The maximum atomic E-state index is 11.3. The lowest BCUT2D eigenvalue weighted by Gasteiger charge is -1.98. The first-order chi connectivity index (χ1) is 3.81. The Morgan fingerprint density at radius 2 is 2.38 bits per heavy atom. The van der Waals surface area contributed by atoms with Gasteiger partial charge in [0.25, 0.3) is 0 Å². The first kappa shape index (κ1) is 7.56. The van der Waals surface area contributed by atoms with Crippen molar-refractivity contribution >= 4 is 6.29 Å². The Kier molecular flexibility index (Phi) is 4.45. The van der Waals surface area contributed by atoms with Crippen molar-refractivity contribution in [1.29, 1.82) is 0 Å². The lowest BCUT2D eigenvalue weighted by Crippen LogP contribution is -2.07. The van der Waals surface area contributed by atoms with Gasteiger partial charge in [-0.25, -0.2) is 4.39 Å². The van der Waals surface area contributed by atoms with E-state index in [4.69, 9.17) is 5.11 Å². The molecule has 8 heavy (non-hydrogen) atoms. The largest absolute Gasteiger partial charge is 0.390 e. The van der Waals surface area contributed by atoms with Crippen molar-refractivity contribution in [3.05, 3.63) is 0 Å². The summed E-state index contributed by atoms with van der Waals surface area (Å²) in [6.07, 6.45) is 0.199. The van der Waals surface area contributed by atoms with E-state index in [1.807, 2.05) is 0 Å². The van der Waals surface area contributed by atoms with E-state index in [2.05, 4.69) is 0 Å². The van der Waals surface area contributed by atoms with Gasteiger partial charge >= 0.3 is 0 Å². The second-order valence-corrected chi connectivity index (χ2v) is 1.55. The maximum Gasteiger partial charge on any atom is 0.120 e. The van der Waals surface area contributed by atoms with E-state index < -0.39 is 12.8 Å². The molecule has 3 heteroatoms. The number of halogens is 1. The molecule has 0 aromatic carbocycles. The monoisotopic (exact) mass is 120 g/mol. The van der Waals surface area contributed by atoms with Crippen molar-refractivity contribution in [1.82, 2.24) is 0 Å². The van der Waals surface area contributed by atoms with E-state index in [0.29, 0.717) is 6.29 Å². The average Bonchev–Trinajstić information content (AvgIpc) is 1.83. The molecule has 0 unspecified atom stereocenters. The van der Waals surface area contributed by atoms with Gasteiger partial charge in [-0.2, -0.15) is 0 Å². The van der Waals surface area contributed by atoms with Gasteiger partial charge in [0, 0.05) is 6.42 Å². The highest BCUT2D eigenvalue weighted by atomic mass is 19.1. The van der Waals surface area contributed by atoms with Crippen molar-refractivity contribution in [3.63, 3.8) is 0 Å². The number of aliphatic hydroxyl groups is 1. The third-order valence-electron chi connectivity index (χ3n) is 0.796. The van der Waals surface area contributed by atoms with Crippen LogP contribution in [0, 0.1) is 0 Å². The van der Waals surface area contributed by atoms with Crippen LogP contribution in [0.2, 0.25) is 0 Å². The number of alkyl halides is 1. The fourth-order valence-corrected chi connectivity index (χ4v) is 0.338. The molecular formula is C5H9FO2. The van der Waals surface area contributed by atoms with Crippen molar-refractivity contribution < 1.29 is 14.3 Å². The zero-order valence-electron chi connectivity index (χ0n) is 4.51. The molecule has 0 heterocycles. The molecule has 0 spiro atoms. The van der Waals surface area contributed by atoms with Gasteiger partial charge in [0.1, 0.15) is 13.0 Å². The normalized spacial score (nSPS) is 13.2. The number of hydrogen-bond acceptors (Lipinski definition) is 2. The third-order valence-corrected chi connectivity index (χ3v) is 0.796. The van der Waals surface area contributed by atoms with Crippen LogP contribution in [0.15, 0.2) is 0 Å². The first-order valence-electron chi connectivity index (χ1n) is 2.49. The molecule has 0 aliphatic carbocycles. The summed E-state index contributed by atoms with van der Waals surface area (Å²) in [7, 11) is 0. The fourth-order valence-electron chi connectivity index (χ4n) is 0.338. The predicted molar refractivity (Wildman–Crippen MR) is 27.3 cm³/mol. The van der Waals surface area contributed by atoms with Gasteiger partial charge in [0.2, 0.25) is 0 Å². The van der Waals surface area contributed by atoms with Crippen molar-refractivity contribution in [3.8, 4) is 0 Å². The fraction of sp³-hybridized carbons (Fsp3) is 0.800. The Morgan fingerprint density at radius 1 is 1.75 bits per heavy atom. The molecular weight excluding hydrogens is 111 g/mol. The highest BCUT2D eigenvalue weighted by Gasteiger charge is 1.99. The van der Waals surface area contributed by atoms with Crippen LogP contribution in [0.3, 0.4) is 0 Å². The molecule has 48 valence electrons. The van der Waals surface area contributed by atoms with Crippen LogP contribution in [0.1, 0.15) is 12.8 Å². The molecule has 0 aliphatic rings. The molecule has 0 rings (SSSR count). The van der Waals surface area contributed by atoms with E-state index in [9.17, 15) is 9.18 Å². The Hall–Kier alpha value is -0.440. The Bertz CT molecular complexity index is 65.4. The Balaban J connectivity index is 2.97. The molecule has 1 atom stereocenters. The molecule has 0 aliphatic heterocycles. The molecule has 0 radical (unpaired) electrons. The summed E-state index contributed by atoms with van der Waals surface area (Å²) in [6.45, 7) is -0.756. The van der Waals surface area contributed by atoms with Gasteiger partial charge in [-0.1, -0.05) is 0 Å². The molecule has 0 saturated carbocycles. The van der Waals surface area contributed by atoms with Gasteiger partial charge in [-0.3, -0.25) is 0 Å². The summed E-state index contributed by atoms with van der Waals surface area (Å²) >= 11 is 0. The summed E-state index contributed by atoms with van der Waals surface area (Å²) in [5, 5.41) is 8.46. The Morgan fingerprint density at radius 3 is 2.75 bits per heavy atom. The number of carbonyl (C=O) groups is 1. The van der Waals surface area contributed by atoms with Gasteiger partial charge in [-0.15, -0.1) is 0 Å². The quantitative estimate of drug-likeness (QED) is 0.541.